The standard InChI is InChI=1S/C18H25BN3O8/c1-9(20)16(23)21-10(2)17(24)22-7-12(8-22)29-13-4-3-11-5-6-19(27,28)30-15(11)14(13)18(25)26/h3-4,9-10,12,27-28H,5-8,20H2,1-2H3,(H,21,23)(H,25,26)/q-1/t9-,10-/m0/s1. The van der Waals surface area contributed by atoms with Gasteiger partial charge < -0.3 is 40.5 Å². The molecule has 0 bridgehead atoms. The number of nitrogens with zero attached hydrogens (tertiary/aromatic N) is 1. The lowest BCUT2D eigenvalue weighted by Gasteiger charge is -2.41. The Hall–Kier alpha value is -2.83. The van der Waals surface area contributed by atoms with Crippen molar-refractivity contribution in [2.75, 3.05) is 13.1 Å². The Morgan fingerprint density at radius 2 is 1.97 bits per heavy atom. The molecule has 1 fully saturated rings. The number of ether oxygens (including phenoxy) is 1. The zero-order valence-electron chi connectivity index (χ0n) is 16.7. The lowest BCUT2D eigenvalue weighted by atomic mass is 9.70. The number of carbonyl (C=O) groups is 3. The quantitative estimate of drug-likeness (QED) is 0.349. The van der Waals surface area contributed by atoms with Crippen LogP contribution >= 0.6 is 0 Å². The monoisotopic (exact) mass is 422 g/mol. The van der Waals surface area contributed by atoms with Gasteiger partial charge in [-0.3, -0.25) is 9.59 Å². The SMILES string of the molecule is C[C@H](N)C(=O)N[C@@H](C)C(=O)N1CC(Oc2ccc3c(c2C(=O)O)O[B-](O)(O)CC3)C1. The summed E-state index contributed by atoms with van der Waals surface area (Å²) in [4.78, 5) is 37.2. The summed E-state index contributed by atoms with van der Waals surface area (Å²) in [6.45, 7) is 0.365. The van der Waals surface area contributed by atoms with Gasteiger partial charge in [0.15, 0.2) is 0 Å². The van der Waals surface area contributed by atoms with Crippen LogP contribution in [0.5, 0.6) is 11.5 Å². The van der Waals surface area contributed by atoms with Gasteiger partial charge in [-0.15, -0.1) is 0 Å². The highest BCUT2D eigenvalue weighted by molar-refractivity contribution is 6.59. The van der Waals surface area contributed by atoms with Crippen LogP contribution in [-0.4, -0.2) is 75.9 Å². The minimum absolute atomic E-state index is 0.0187. The fraction of sp³-hybridized carbons (Fsp3) is 0.500. The minimum Gasteiger partial charge on any atom is -0.669 e. The highest BCUT2D eigenvalue weighted by atomic mass is 16.6. The van der Waals surface area contributed by atoms with Crippen molar-refractivity contribution in [1.82, 2.24) is 10.2 Å². The summed E-state index contributed by atoms with van der Waals surface area (Å²) in [5.74, 6) is -2.16. The number of carboxylic acid groups (broad SMARTS) is 1. The first kappa shape index (κ1) is 21.9. The smallest absolute Gasteiger partial charge is 0.430 e. The van der Waals surface area contributed by atoms with Crippen LogP contribution in [0.15, 0.2) is 12.1 Å². The van der Waals surface area contributed by atoms with Crippen LogP contribution in [-0.2, 0) is 16.0 Å². The molecule has 3 rings (SSSR count). The lowest BCUT2D eigenvalue weighted by Crippen LogP contribution is -2.61. The van der Waals surface area contributed by atoms with Gasteiger partial charge in [0.2, 0.25) is 11.8 Å². The van der Waals surface area contributed by atoms with E-state index in [1.807, 2.05) is 0 Å². The van der Waals surface area contributed by atoms with Crippen LogP contribution in [0.3, 0.4) is 0 Å². The van der Waals surface area contributed by atoms with Crippen LogP contribution in [0, 0.1) is 0 Å². The number of rotatable bonds is 6. The molecule has 2 atom stereocenters. The molecule has 11 nitrogen and oxygen atoms in total. The van der Waals surface area contributed by atoms with Crippen molar-refractivity contribution in [3.8, 4) is 11.5 Å². The summed E-state index contributed by atoms with van der Waals surface area (Å²) < 4.78 is 10.9. The van der Waals surface area contributed by atoms with Gasteiger partial charge in [0.1, 0.15) is 23.5 Å². The third-order valence-electron chi connectivity index (χ3n) is 5.11. The first-order valence-electron chi connectivity index (χ1n) is 9.68. The number of aromatic carboxylic acids is 1. The van der Waals surface area contributed by atoms with E-state index in [0.29, 0.717) is 5.56 Å². The van der Waals surface area contributed by atoms with Crippen molar-refractivity contribution in [2.24, 2.45) is 5.73 Å². The molecule has 1 saturated heterocycles. The highest BCUT2D eigenvalue weighted by Crippen LogP contribution is 2.38. The number of carbonyl (C=O) groups excluding carboxylic acids is 2. The van der Waals surface area contributed by atoms with Gasteiger partial charge in [-0.2, -0.15) is 0 Å². The third-order valence-corrected chi connectivity index (χ3v) is 5.11. The summed E-state index contributed by atoms with van der Waals surface area (Å²) in [7, 11) is 0. The highest BCUT2D eigenvalue weighted by Gasteiger charge is 2.37. The maximum absolute atomic E-state index is 12.4. The van der Waals surface area contributed by atoms with E-state index in [-0.39, 0.29) is 48.8 Å². The average Bonchev–Trinajstić information content (AvgIpc) is 2.61. The van der Waals surface area contributed by atoms with E-state index in [4.69, 9.17) is 15.1 Å². The molecule has 6 N–H and O–H groups in total. The largest absolute Gasteiger partial charge is 0.669 e. The number of hydrogen-bond acceptors (Lipinski definition) is 8. The van der Waals surface area contributed by atoms with E-state index in [1.54, 1.807) is 13.0 Å². The van der Waals surface area contributed by atoms with E-state index >= 15 is 0 Å². The van der Waals surface area contributed by atoms with Gasteiger partial charge in [0.05, 0.1) is 24.9 Å². The van der Waals surface area contributed by atoms with Gasteiger partial charge in [0, 0.05) is 0 Å². The fourth-order valence-electron chi connectivity index (χ4n) is 3.38. The molecule has 0 aromatic heterocycles. The molecule has 164 valence electrons. The zero-order chi connectivity index (χ0) is 22.2. The number of likely N-dealkylation sites (tertiary alicyclic amines) is 1. The van der Waals surface area contributed by atoms with Crippen molar-refractivity contribution in [3.05, 3.63) is 23.3 Å². The molecule has 2 heterocycles. The molecule has 2 aliphatic rings. The van der Waals surface area contributed by atoms with Crippen LogP contribution < -0.4 is 20.4 Å². The summed E-state index contributed by atoms with van der Waals surface area (Å²) in [5, 5.41) is 31.7. The number of nitrogens with two attached hydrogens (primary N) is 1. The molecule has 0 spiro atoms. The zero-order valence-corrected chi connectivity index (χ0v) is 16.7. The topological polar surface area (TPSA) is 172 Å². The van der Waals surface area contributed by atoms with Gasteiger partial charge >= 0.3 is 12.7 Å². The van der Waals surface area contributed by atoms with Crippen LogP contribution in [0.1, 0.15) is 29.8 Å². The van der Waals surface area contributed by atoms with Crippen molar-refractivity contribution in [1.29, 1.82) is 0 Å². The molecule has 2 aliphatic heterocycles. The summed E-state index contributed by atoms with van der Waals surface area (Å²) in [5.41, 5.74) is 5.73. The van der Waals surface area contributed by atoms with Crippen LogP contribution in [0.4, 0.5) is 0 Å². The molecule has 1 aromatic carbocycles. The van der Waals surface area contributed by atoms with Crippen molar-refractivity contribution < 1.29 is 38.9 Å². The molecule has 2 amide bonds. The van der Waals surface area contributed by atoms with E-state index < -0.39 is 36.8 Å². The number of nitrogens with one attached hydrogen (secondary N) is 1. The lowest BCUT2D eigenvalue weighted by molar-refractivity contribution is -0.143. The predicted molar refractivity (Wildman–Crippen MR) is 105 cm³/mol. The van der Waals surface area contributed by atoms with Gasteiger partial charge in [-0.05, 0) is 31.9 Å². The molecule has 0 aliphatic carbocycles. The first-order valence-corrected chi connectivity index (χ1v) is 9.68. The molecular formula is C18H25BN3O8-. The third kappa shape index (κ3) is 4.50. The predicted octanol–water partition coefficient (Wildman–Crippen LogP) is -1.32. The number of aryl methyl sites for hydroxylation is 1. The molecule has 0 radical (unpaired) electrons. The van der Waals surface area contributed by atoms with Crippen molar-refractivity contribution >= 4 is 24.5 Å². The Morgan fingerprint density at radius 3 is 2.57 bits per heavy atom. The second-order valence-electron chi connectivity index (χ2n) is 7.75. The number of carboxylic acids is 1. The number of amides is 2. The van der Waals surface area contributed by atoms with Gasteiger partial charge in [0.25, 0.3) is 0 Å². The Labute approximate surface area is 172 Å². The molecule has 0 saturated carbocycles. The Balaban J connectivity index is 1.66. The molecule has 12 heteroatoms. The van der Waals surface area contributed by atoms with Crippen molar-refractivity contribution in [2.45, 2.75) is 44.8 Å². The molecular weight excluding hydrogens is 397 g/mol. The normalized spacial score (nSPS) is 19.6. The Kier molecular flexibility index (Phi) is 5.93. The van der Waals surface area contributed by atoms with Crippen molar-refractivity contribution in [3.63, 3.8) is 0 Å². The molecule has 0 unspecified atom stereocenters. The molecule has 1 aromatic rings. The van der Waals surface area contributed by atoms with Crippen LogP contribution in [0.2, 0.25) is 6.32 Å². The van der Waals surface area contributed by atoms with Crippen LogP contribution in [0.25, 0.3) is 0 Å². The van der Waals surface area contributed by atoms with E-state index in [0.717, 1.165) is 0 Å². The Bertz CT molecular complexity index is 869. The summed E-state index contributed by atoms with van der Waals surface area (Å²) >= 11 is 0. The Morgan fingerprint density at radius 1 is 1.30 bits per heavy atom. The fourth-order valence-corrected chi connectivity index (χ4v) is 3.38. The summed E-state index contributed by atoms with van der Waals surface area (Å²) in [6, 6.07) is 1.64. The summed E-state index contributed by atoms with van der Waals surface area (Å²) in [6.07, 6.45) is -0.216. The number of hydrogen-bond donors (Lipinski definition) is 5. The second kappa shape index (κ2) is 8.13. The van der Waals surface area contributed by atoms with E-state index in [9.17, 15) is 29.5 Å². The first-order chi connectivity index (χ1) is 14.0. The maximum Gasteiger partial charge on any atom is 0.430 e. The minimum atomic E-state index is -3.12. The maximum atomic E-state index is 12.4. The van der Waals surface area contributed by atoms with Gasteiger partial charge in [-0.1, -0.05) is 12.4 Å². The number of fused-ring (bicyclic) bond motifs is 1. The second-order valence-corrected chi connectivity index (χ2v) is 7.75. The van der Waals surface area contributed by atoms with Gasteiger partial charge in [-0.25, -0.2) is 4.79 Å². The average molecular weight is 422 g/mol. The van der Waals surface area contributed by atoms with E-state index in [1.165, 1.54) is 17.9 Å². The van der Waals surface area contributed by atoms with E-state index in [2.05, 4.69) is 5.32 Å². The molecule has 30 heavy (non-hydrogen) atoms. The number of benzene rings is 1.